The van der Waals surface area contributed by atoms with Crippen LogP contribution in [0.15, 0.2) is 83.8 Å². The van der Waals surface area contributed by atoms with Crippen LogP contribution in [-0.2, 0) is 14.6 Å². The van der Waals surface area contributed by atoms with Crippen molar-refractivity contribution in [3.05, 3.63) is 78.9 Å². The lowest BCUT2D eigenvalue weighted by Gasteiger charge is -2.19. The standard InChI is InChI=1S/C26H29N3O4S/c1-3-4-13-23(29-26(31)28-20-10-6-5-7-11-20)25(30)27-21-17-15-19(16-18-21)22-12-8-9-14-24(22)34(2,32)33/h5-12,14-18,23H,3-4,13H2,1-2H3,(H,27,30)(H2,28,29,31)/t23-/m1/s1. The normalized spacial score (nSPS) is 11.9. The average Bonchev–Trinajstić information content (AvgIpc) is 2.82. The zero-order valence-corrected chi connectivity index (χ0v) is 20.1. The van der Waals surface area contributed by atoms with Gasteiger partial charge < -0.3 is 16.0 Å². The Hall–Kier alpha value is -3.65. The zero-order chi connectivity index (χ0) is 24.6. The second-order valence-electron chi connectivity index (χ2n) is 7.99. The molecule has 1 atom stereocenters. The summed E-state index contributed by atoms with van der Waals surface area (Å²) in [7, 11) is -3.38. The SMILES string of the molecule is CCCC[C@@H](NC(=O)Nc1ccccc1)C(=O)Nc1ccc(-c2ccccc2S(C)(=O)=O)cc1. The van der Waals surface area contributed by atoms with E-state index in [1.165, 1.54) is 6.26 Å². The molecule has 3 aromatic rings. The summed E-state index contributed by atoms with van der Waals surface area (Å²) in [5.74, 6) is -0.319. The largest absolute Gasteiger partial charge is 0.326 e. The Morgan fingerprint density at radius 3 is 2.09 bits per heavy atom. The van der Waals surface area contributed by atoms with Crippen LogP contribution in [0.4, 0.5) is 16.2 Å². The van der Waals surface area contributed by atoms with Gasteiger partial charge in [-0.2, -0.15) is 0 Å². The third-order valence-corrected chi connectivity index (χ3v) is 6.40. The average molecular weight is 480 g/mol. The molecule has 0 unspecified atom stereocenters. The highest BCUT2D eigenvalue weighted by Crippen LogP contribution is 2.28. The van der Waals surface area contributed by atoms with Crippen LogP contribution in [0.5, 0.6) is 0 Å². The molecule has 0 bridgehead atoms. The van der Waals surface area contributed by atoms with E-state index in [0.29, 0.717) is 23.4 Å². The van der Waals surface area contributed by atoms with Gasteiger partial charge in [0.05, 0.1) is 4.90 Å². The molecule has 7 nitrogen and oxygen atoms in total. The summed E-state index contributed by atoms with van der Waals surface area (Å²) in [4.78, 5) is 25.6. The molecule has 0 radical (unpaired) electrons. The van der Waals surface area contributed by atoms with Gasteiger partial charge in [-0.15, -0.1) is 0 Å². The van der Waals surface area contributed by atoms with Crippen LogP contribution >= 0.6 is 0 Å². The molecule has 0 spiro atoms. The third-order valence-electron chi connectivity index (χ3n) is 5.25. The van der Waals surface area contributed by atoms with Crippen molar-refractivity contribution in [2.75, 3.05) is 16.9 Å². The van der Waals surface area contributed by atoms with Gasteiger partial charge >= 0.3 is 6.03 Å². The van der Waals surface area contributed by atoms with E-state index in [4.69, 9.17) is 0 Å². The molecular weight excluding hydrogens is 450 g/mol. The van der Waals surface area contributed by atoms with Crippen LogP contribution in [0.3, 0.4) is 0 Å². The van der Waals surface area contributed by atoms with Gasteiger partial charge in [-0.25, -0.2) is 13.2 Å². The molecular formula is C26H29N3O4S. The van der Waals surface area contributed by atoms with Gasteiger partial charge in [0.2, 0.25) is 5.91 Å². The molecule has 3 aromatic carbocycles. The van der Waals surface area contributed by atoms with Crippen LogP contribution in [0.2, 0.25) is 0 Å². The van der Waals surface area contributed by atoms with Gasteiger partial charge in [-0.1, -0.05) is 68.3 Å². The Morgan fingerprint density at radius 2 is 1.44 bits per heavy atom. The summed E-state index contributed by atoms with van der Waals surface area (Å²) in [5, 5.41) is 8.33. The van der Waals surface area contributed by atoms with E-state index in [9.17, 15) is 18.0 Å². The topological polar surface area (TPSA) is 104 Å². The zero-order valence-electron chi connectivity index (χ0n) is 19.2. The van der Waals surface area contributed by atoms with Crippen LogP contribution < -0.4 is 16.0 Å². The first-order chi connectivity index (χ1) is 16.3. The summed E-state index contributed by atoms with van der Waals surface area (Å²) in [6.45, 7) is 2.02. The molecule has 0 saturated heterocycles. The predicted molar refractivity (Wildman–Crippen MR) is 136 cm³/mol. The van der Waals surface area contributed by atoms with E-state index >= 15 is 0 Å². The molecule has 34 heavy (non-hydrogen) atoms. The minimum Gasteiger partial charge on any atom is -0.326 e. The van der Waals surface area contributed by atoms with Gasteiger partial charge in [-0.3, -0.25) is 4.79 Å². The predicted octanol–water partition coefficient (Wildman–Crippen LogP) is 5.08. The molecule has 0 aliphatic heterocycles. The molecule has 3 N–H and O–H groups in total. The van der Waals surface area contributed by atoms with Gasteiger partial charge in [0.15, 0.2) is 9.84 Å². The van der Waals surface area contributed by atoms with Crippen LogP contribution in [0.25, 0.3) is 11.1 Å². The molecule has 0 aliphatic carbocycles. The first kappa shape index (κ1) is 25.0. The molecule has 0 heterocycles. The number of urea groups is 1. The number of rotatable bonds is 9. The molecule has 8 heteroatoms. The highest BCUT2D eigenvalue weighted by molar-refractivity contribution is 7.90. The summed E-state index contributed by atoms with van der Waals surface area (Å²) in [6, 6.07) is 21.6. The summed E-state index contributed by atoms with van der Waals surface area (Å²) in [5.41, 5.74) is 2.52. The highest BCUT2D eigenvalue weighted by Gasteiger charge is 2.21. The summed E-state index contributed by atoms with van der Waals surface area (Å²) < 4.78 is 24.2. The maximum absolute atomic E-state index is 12.9. The maximum atomic E-state index is 12.9. The van der Waals surface area contributed by atoms with Crippen molar-refractivity contribution in [3.8, 4) is 11.1 Å². The van der Waals surface area contributed by atoms with Crippen molar-refractivity contribution in [2.45, 2.75) is 37.1 Å². The number of benzene rings is 3. The molecule has 0 saturated carbocycles. The minimum atomic E-state index is -3.38. The number of para-hydroxylation sites is 1. The first-order valence-electron chi connectivity index (χ1n) is 11.1. The fourth-order valence-electron chi connectivity index (χ4n) is 3.51. The number of carbonyl (C=O) groups is 2. The maximum Gasteiger partial charge on any atom is 0.319 e. The Bertz CT molecular complexity index is 1230. The summed E-state index contributed by atoms with van der Waals surface area (Å²) >= 11 is 0. The second kappa shape index (κ2) is 11.5. The monoisotopic (exact) mass is 479 g/mol. The Morgan fingerprint density at radius 1 is 0.824 bits per heavy atom. The number of hydrogen-bond acceptors (Lipinski definition) is 4. The summed E-state index contributed by atoms with van der Waals surface area (Å²) in [6.07, 6.45) is 3.35. The molecule has 0 fully saturated rings. The molecule has 3 rings (SSSR count). The van der Waals surface area contributed by atoms with Gasteiger partial charge in [-0.05, 0) is 42.3 Å². The molecule has 0 aliphatic rings. The van der Waals surface area contributed by atoms with Crippen molar-refractivity contribution >= 4 is 33.2 Å². The van der Waals surface area contributed by atoms with E-state index in [-0.39, 0.29) is 10.8 Å². The lowest BCUT2D eigenvalue weighted by Crippen LogP contribution is -2.45. The number of sulfone groups is 1. The lowest BCUT2D eigenvalue weighted by atomic mass is 10.1. The smallest absolute Gasteiger partial charge is 0.319 e. The number of unbranched alkanes of at least 4 members (excludes halogenated alkanes) is 1. The van der Waals surface area contributed by atoms with Gasteiger partial charge in [0.1, 0.15) is 6.04 Å². The van der Waals surface area contributed by atoms with Crippen molar-refractivity contribution in [1.82, 2.24) is 5.32 Å². The van der Waals surface area contributed by atoms with Gasteiger partial charge in [0.25, 0.3) is 0 Å². The number of nitrogens with one attached hydrogen (secondary N) is 3. The number of hydrogen-bond donors (Lipinski definition) is 3. The van der Waals surface area contributed by atoms with Crippen molar-refractivity contribution < 1.29 is 18.0 Å². The fourth-order valence-corrected chi connectivity index (χ4v) is 4.43. The molecule has 3 amide bonds. The van der Waals surface area contributed by atoms with Crippen molar-refractivity contribution in [2.24, 2.45) is 0 Å². The lowest BCUT2D eigenvalue weighted by molar-refractivity contribution is -0.118. The van der Waals surface area contributed by atoms with E-state index in [0.717, 1.165) is 18.4 Å². The Kier molecular flexibility index (Phi) is 8.43. The van der Waals surface area contributed by atoms with Gasteiger partial charge in [0, 0.05) is 23.2 Å². The molecule has 0 aromatic heterocycles. The first-order valence-corrected chi connectivity index (χ1v) is 13.0. The quantitative estimate of drug-likeness (QED) is 0.398. The van der Waals surface area contributed by atoms with Crippen LogP contribution in [0, 0.1) is 0 Å². The Labute approximate surface area is 200 Å². The van der Waals surface area contributed by atoms with Crippen LogP contribution in [-0.4, -0.2) is 32.7 Å². The molecule has 178 valence electrons. The Balaban J connectivity index is 1.70. The third kappa shape index (κ3) is 6.92. The highest BCUT2D eigenvalue weighted by atomic mass is 32.2. The second-order valence-corrected chi connectivity index (χ2v) is 9.98. The fraction of sp³-hybridized carbons (Fsp3) is 0.231. The van der Waals surface area contributed by atoms with E-state index in [1.807, 2.05) is 25.1 Å². The van der Waals surface area contributed by atoms with Crippen molar-refractivity contribution in [3.63, 3.8) is 0 Å². The van der Waals surface area contributed by atoms with E-state index < -0.39 is 21.9 Å². The number of anilines is 2. The number of carbonyl (C=O) groups excluding carboxylic acids is 2. The minimum absolute atomic E-state index is 0.250. The van der Waals surface area contributed by atoms with Crippen molar-refractivity contribution in [1.29, 1.82) is 0 Å². The van der Waals surface area contributed by atoms with Crippen LogP contribution in [0.1, 0.15) is 26.2 Å². The van der Waals surface area contributed by atoms with E-state index in [2.05, 4.69) is 16.0 Å². The number of amides is 3. The van der Waals surface area contributed by atoms with E-state index in [1.54, 1.807) is 60.7 Å².